The molecule has 0 heterocycles. The minimum absolute atomic E-state index is 0.101. The summed E-state index contributed by atoms with van der Waals surface area (Å²) in [7, 11) is -3.65. The smallest absolute Gasteiger partial charge is 0.260 e. The fraction of sp³-hybridized carbons (Fsp3) is 0.192. The van der Waals surface area contributed by atoms with Gasteiger partial charge in [-0.05, 0) is 53.9 Å². The van der Waals surface area contributed by atoms with Gasteiger partial charge in [-0.25, -0.2) is 13.8 Å². The van der Waals surface area contributed by atoms with E-state index in [1.165, 1.54) is 6.21 Å². The zero-order valence-electron chi connectivity index (χ0n) is 19.8. The minimum Gasteiger partial charge on any atom is -0.484 e. The summed E-state index contributed by atoms with van der Waals surface area (Å²) in [5.41, 5.74) is 4.55. The van der Waals surface area contributed by atoms with Crippen LogP contribution < -0.4 is 19.8 Å². The summed E-state index contributed by atoms with van der Waals surface area (Å²) in [5.74, 6) is -0.280. The first-order valence-corrected chi connectivity index (χ1v) is 13.0. The number of hydrogen-bond donors (Lipinski definition) is 2. The van der Waals surface area contributed by atoms with E-state index < -0.39 is 22.5 Å². The van der Waals surface area contributed by atoms with Gasteiger partial charge in [-0.2, -0.15) is 5.10 Å². The molecule has 0 fully saturated rings. The van der Waals surface area contributed by atoms with Crippen LogP contribution >= 0.6 is 0 Å². The van der Waals surface area contributed by atoms with Crippen molar-refractivity contribution in [2.24, 2.45) is 5.10 Å². The van der Waals surface area contributed by atoms with Crippen LogP contribution in [0, 0.1) is 0 Å². The van der Waals surface area contributed by atoms with Gasteiger partial charge in [0.2, 0.25) is 10.0 Å². The Kier molecular flexibility index (Phi) is 9.58. The number of amides is 2. The molecular formula is C26H28N4O5S. The zero-order valence-corrected chi connectivity index (χ0v) is 20.6. The van der Waals surface area contributed by atoms with Crippen LogP contribution in [0.15, 0.2) is 90.0 Å². The second-order valence-electron chi connectivity index (χ2n) is 7.84. The molecule has 0 aliphatic rings. The van der Waals surface area contributed by atoms with Gasteiger partial charge in [-0.15, -0.1) is 0 Å². The van der Waals surface area contributed by atoms with Gasteiger partial charge in [0.15, 0.2) is 6.61 Å². The number of ether oxygens (including phenoxy) is 1. The van der Waals surface area contributed by atoms with E-state index in [0.717, 1.165) is 22.5 Å². The number of rotatable bonds is 12. The number of anilines is 1. The predicted molar refractivity (Wildman–Crippen MR) is 139 cm³/mol. The number of hydrogen-bond acceptors (Lipinski definition) is 6. The molecule has 3 aromatic rings. The zero-order chi connectivity index (χ0) is 25.8. The normalized spacial score (nSPS) is 11.1. The van der Waals surface area contributed by atoms with Gasteiger partial charge in [0.1, 0.15) is 12.3 Å². The Labute approximate surface area is 210 Å². The molecule has 188 valence electrons. The predicted octanol–water partition coefficient (Wildman–Crippen LogP) is 2.34. The highest BCUT2D eigenvalue weighted by atomic mass is 32.2. The average Bonchev–Trinajstić information content (AvgIpc) is 2.87. The fourth-order valence-electron chi connectivity index (χ4n) is 3.18. The van der Waals surface area contributed by atoms with E-state index in [0.29, 0.717) is 23.5 Å². The van der Waals surface area contributed by atoms with Crippen LogP contribution in [-0.4, -0.2) is 52.4 Å². The summed E-state index contributed by atoms with van der Waals surface area (Å²) in [5, 5.41) is 6.70. The van der Waals surface area contributed by atoms with Crippen molar-refractivity contribution in [2.45, 2.75) is 6.42 Å². The second kappa shape index (κ2) is 13.1. The van der Waals surface area contributed by atoms with Crippen LogP contribution in [0.3, 0.4) is 0 Å². The fourth-order valence-corrected chi connectivity index (χ4v) is 4.04. The van der Waals surface area contributed by atoms with E-state index in [1.807, 2.05) is 30.3 Å². The Balaban J connectivity index is 1.41. The maximum Gasteiger partial charge on any atom is 0.260 e. The summed E-state index contributed by atoms with van der Waals surface area (Å²) in [6.07, 6.45) is 3.20. The Hall–Kier alpha value is -4.18. The number of benzene rings is 3. The summed E-state index contributed by atoms with van der Waals surface area (Å²) in [4.78, 5) is 24.2. The van der Waals surface area contributed by atoms with Gasteiger partial charge in [-0.3, -0.25) is 13.9 Å². The Bertz CT molecular complexity index is 1260. The Morgan fingerprint density at radius 3 is 2.19 bits per heavy atom. The molecule has 0 aromatic heterocycles. The van der Waals surface area contributed by atoms with Crippen LogP contribution in [-0.2, 0) is 26.0 Å². The number of carbonyl (C=O) groups is 2. The monoisotopic (exact) mass is 508 g/mol. The lowest BCUT2D eigenvalue weighted by molar-refractivity contribution is -0.123. The summed E-state index contributed by atoms with van der Waals surface area (Å²) >= 11 is 0. The van der Waals surface area contributed by atoms with Gasteiger partial charge < -0.3 is 10.1 Å². The molecule has 0 aliphatic heterocycles. The molecule has 3 aromatic carbocycles. The maximum absolute atomic E-state index is 12.2. The molecule has 0 unspecified atom stereocenters. The van der Waals surface area contributed by atoms with E-state index in [9.17, 15) is 18.0 Å². The SMILES string of the molecule is CS(=O)(=O)N(CC(=O)N/N=C\c1ccc(OCC(=O)NCCc2ccccc2)cc1)c1ccccc1. The van der Waals surface area contributed by atoms with Crippen LogP contribution in [0.25, 0.3) is 0 Å². The first-order valence-electron chi connectivity index (χ1n) is 11.2. The highest BCUT2D eigenvalue weighted by Gasteiger charge is 2.20. The van der Waals surface area contributed by atoms with Crippen LogP contribution in [0.1, 0.15) is 11.1 Å². The van der Waals surface area contributed by atoms with E-state index >= 15 is 0 Å². The average molecular weight is 509 g/mol. The van der Waals surface area contributed by atoms with Crippen molar-refractivity contribution in [3.63, 3.8) is 0 Å². The number of para-hydroxylation sites is 1. The van der Waals surface area contributed by atoms with E-state index in [-0.39, 0.29) is 12.5 Å². The van der Waals surface area contributed by atoms with Gasteiger partial charge in [-0.1, -0.05) is 48.5 Å². The molecule has 36 heavy (non-hydrogen) atoms. The first kappa shape index (κ1) is 26.4. The molecule has 0 bridgehead atoms. The van der Waals surface area contributed by atoms with Gasteiger partial charge >= 0.3 is 0 Å². The summed E-state index contributed by atoms with van der Waals surface area (Å²) in [6, 6.07) is 25.0. The van der Waals surface area contributed by atoms with Crippen molar-refractivity contribution < 1.29 is 22.7 Å². The molecule has 10 heteroatoms. The lowest BCUT2D eigenvalue weighted by atomic mass is 10.1. The molecule has 0 saturated carbocycles. The molecule has 0 radical (unpaired) electrons. The van der Waals surface area contributed by atoms with Crippen molar-refractivity contribution in [1.82, 2.24) is 10.7 Å². The standard InChI is InChI=1S/C26H28N4O5S/c1-36(33,34)30(23-10-6-3-7-11-23)19-25(31)29-28-18-22-12-14-24(15-13-22)35-20-26(32)27-17-16-21-8-4-2-5-9-21/h2-15,18H,16-17,19-20H2,1H3,(H,27,32)(H,29,31)/b28-18-. The van der Waals surface area contributed by atoms with Gasteiger partial charge in [0.25, 0.3) is 11.8 Å². The Morgan fingerprint density at radius 1 is 0.917 bits per heavy atom. The third-order valence-corrected chi connectivity index (χ3v) is 6.10. The summed E-state index contributed by atoms with van der Waals surface area (Å²) < 4.78 is 30.6. The van der Waals surface area contributed by atoms with Crippen molar-refractivity contribution in [3.8, 4) is 5.75 Å². The van der Waals surface area contributed by atoms with Crippen molar-refractivity contribution in [2.75, 3.05) is 30.3 Å². The lowest BCUT2D eigenvalue weighted by Gasteiger charge is -2.21. The molecule has 0 aliphatic carbocycles. The molecule has 3 rings (SSSR count). The lowest BCUT2D eigenvalue weighted by Crippen LogP contribution is -2.38. The van der Waals surface area contributed by atoms with Crippen LogP contribution in [0.4, 0.5) is 5.69 Å². The highest BCUT2D eigenvalue weighted by molar-refractivity contribution is 7.92. The van der Waals surface area contributed by atoms with Crippen molar-refractivity contribution in [1.29, 1.82) is 0 Å². The minimum atomic E-state index is -3.65. The van der Waals surface area contributed by atoms with Crippen molar-refractivity contribution >= 4 is 33.7 Å². The van der Waals surface area contributed by atoms with Gasteiger partial charge in [0, 0.05) is 6.54 Å². The molecule has 2 N–H and O–H groups in total. The molecule has 0 atom stereocenters. The van der Waals surface area contributed by atoms with Crippen molar-refractivity contribution in [3.05, 3.63) is 96.1 Å². The number of sulfonamides is 1. The number of nitrogens with zero attached hydrogens (tertiary/aromatic N) is 2. The van der Waals surface area contributed by atoms with Gasteiger partial charge in [0.05, 0.1) is 18.2 Å². The molecule has 0 spiro atoms. The van der Waals surface area contributed by atoms with E-state index in [4.69, 9.17) is 4.74 Å². The molecule has 2 amide bonds. The largest absolute Gasteiger partial charge is 0.484 e. The number of nitrogens with one attached hydrogen (secondary N) is 2. The third kappa shape index (κ3) is 8.88. The van der Waals surface area contributed by atoms with Crippen LogP contribution in [0.5, 0.6) is 5.75 Å². The maximum atomic E-state index is 12.2. The van der Waals surface area contributed by atoms with E-state index in [2.05, 4.69) is 15.8 Å². The summed E-state index contributed by atoms with van der Waals surface area (Å²) in [6.45, 7) is 0.0253. The quantitative estimate of drug-likeness (QED) is 0.288. The Morgan fingerprint density at radius 2 is 1.56 bits per heavy atom. The highest BCUT2D eigenvalue weighted by Crippen LogP contribution is 2.16. The van der Waals surface area contributed by atoms with E-state index in [1.54, 1.807) is 54.6 Å². The third-order valence-electron chi connectivity index (χ3n) is 4.96. The first-order chi connectivity index (χ1) is 17.3. The molecular weight excluding hydrogens is 480 g/mol. The molecule has 9 nitrogen and oxygen atoms in total. The molecule has 0 saturated heterocycles. The van der Waals surface area contributed by atoms with Crippen LogP contribution in [0.2, 0.25) is 0 Å². The second-order valence-corrected chi connectivity index (χ2v) is 9.75. The topological polar surface area (TPSA) is 117 Å². The number of hydrazone groups is 1. The number of carbonyl (C=O) groups excluding carboxylic acids is 2.